The summed E-state index contributed by atoms with van der Waals surface area (Å²) in [4.78, 5) is 30.3. The average Bonchev–Trinajstić information content (AvgIpc) is 2.80. The molecule has 148 valence electrons. The molecule has 1 heterocycles. The van der Waals surface area contributed by atoms with Gasteiger partial charge in [0.25, 0.3) is 0 Å². The summed E-state index contributed by atoms with van der Waals surface area (Å²) in [6, 6.07) is 0. The van der Waals surface area contributed by atoms with Gasteiger partial charge in [-0.15, -0.1) is 0 Å². The lowest BCUT2D eigenvalue weighted by molar-refractivity contribution is -0.142. The summed E-state index contributed by atoms with van der Waals surface area (Å²) in [7, 11) is 0. The zero-order valence-electron chi connectivity index (χ0n) is 15.2. The van der Waals surface area contributed by atoms with Crippen LogP contribution in [0, 0.1) is 5.41 Å². The molecule has 1 rings (SSSR count). The molecule has 1 aliphatic heterocycles. The number of carboxylic acids is 2. The number of rotatable bonds is 7. The molecule has 0 spiro atoms. The van der Waals surface area contributed by atoms with E-state index in [-0.39, 0.29) is 37.4 Å². The number of aliphatic carboxylic acids is 2. The molecule has 1 aliphatic rings. The molecule has 0 saturated carbocycles. The van der Waals surface area contributed by atoms with E-state index in [0.29, 0.717) is 25.9 Å². The lowest BCUT2D eigenvalue weighted by Gasteiger charge is -2.16. The minimum atomic E-state index is -0.870. The van der Waals surface area contributed by atoms with Crippen LogP contribution in [-0.4, -0.2) is 58.2 Å². The number of carbonyl (C=O) groups is 3. The number of aliphatic hydroxyl groups excluding tert-OH is 2. The predicted molar refractivity (Wildman–Crippen MR) is 91.1 cm³/mol. The van der Waals surface area contributed by atoms with Crippen LogP contribution in [0.25, 0.3) is 0 Å². The fourth-order valence-corrected chi connectivity index (χ4v) is 1.41. The molecule has 0 amide bonds. The van der Waals surface area contributed by atoms with Crippen molar-refractivity contribution in [3.05, 3.63) is 0 Å². The summed E-state index contributed by atoms with van der Waals surface area (Å²) >= 11 is 0. The molecule has 25 heavy (non-hydrogen) atoms. The van der Waals surface area contributed by atoms with E-state index in [1.165, 1.54) is 0 Å². The standard InChI is InChI=1S/C6H10O4.C6H10O2.C5H12O2/c7-5(8)3-1-2-4-6(9)10;7-6-4-2-1-3-5-8-6;1-5(2,3-6)4-7/h1-4H2,(H,7,8)(H,9,10);1-5H2;6-7H,3-4H2,1-2H3. The highest BCUT2D eigenvalue weighted by Gasteiger charge is 2.13. The van der Waals surface area contributed by atoms with Crippen molar-refractivity contribution in [3.63, 3.8) is 0 Å². The van der Waals surface area contributed by atoms with Gasteiger partial charge in [0.05, 0.1) is 19.8 Å². The summed E-state index contributed by atoms with van der Waals surface area (Å²) < 4.78 is 4.76. The number of ether oxygens (including phenoxy) is 1. The first-order valence-electron chi connectivity index (χ1n) is 8.45. The summed E-state index contributed by atoms with van der Waals surface area (Å²) in [6.07, 6.45) is 4.85. The van der Waals surface area contributed by atoms with E-state index in [2.05, 4.69) is 0 Å². The Morgan fingerprint density at radius 1 is 0.960 bits per heavy atom. The van der Waals surface area contributed by atoms with Gasteiger partial charge in [-0.25, -0.2) is 0 Å². The second-order valence-corrected chi connectivity index (χ2v) is 6.51. The van der Waals surface area contributed by atoms with E-state index >= 15 is 0 Å². The van der Waals surface area contributed by atoms with Gasteiger partial charge in [-0.3, -0.25) is 14.4 Å². The predicted octanol–water partition coefficient (Wildman–Crippen LogP) is 1.82. The van der Waals surface area contributed by atoms with Crippen LogP contribution in [0.2, 0.25) is 0 Å². The smallest absolute Gasteiger partial charge is 0.305 e. The fraction of sp³-hybridized carbons (Fsp3) is 0.824. The van der Waals surface area contributed by atoms with Crippen molar-refractivity contribution in [2.24, 2.45) is 5.41 Å². The van der Waals surface area contributed by atoms with Crippen molar-refractivity contribution in [1.82, 2.24) is 0 Å². The molecule has 0 radical (unpaired) electrons. The van der Waals surface area contributed by atoms with Crippen LogP contribution in [0.4, 0.5) is 0 Å². The minimum absolute atomic E-state index is 0.0255. The van der Waals surface area contributed by atoms with Gasteiger partial charge in [0.15, 0.2) is 0 Å². The van der Waals surface area contributed by atoms with Crippen molar-refractivity contribution in [2.75, 3.05) is 19.8 Å². The van der Waals surface area contributed by atoms with E-state index in [1.807, 2.05) is 0 Å². The molecule has 8 nitrogen and oxygen atoms in total. The molecular formula is C17H32O8. The third-order valence-electron chi connectivity index (χ3n) is 3.18. The summed E-state index contributed by atoms with van der Waals surface area (Å²) in [5, 5.41) is 33.1. The molecule has 0 aromatic rings. The Bertz CT molecular complexity index is 347. The number of unbranched alkanes of at least 4 members (excludes halogenated alkanes) is 1. The van der Waals surface area contributed by atoms with Gasteiger partial charge in [0.2, 0.25) is 0 Å². The molecule has 1 saturated heterocycles. The normalized spacial score (nSPS) is 14.0. The molecule has 8 heteroatoms. The number of carbonyl (C=O) groups excluding carboxylic acids is 1. The van der Waals surface area contributed by atoms with Crippen molar-refractivity contribution in [3.8, 4) is 0 Å². The van der Waals surface area contributed by atoms with Gasteiger partial charge in [0, 0.05) is 24.7 Å². The third-order valence-corrected chi connectivity index (χ3v) is 3.18. The maximum Gasteiger partial charge on any atom is 0.305 e. The highest BCUT2D eigenvalue weighted by atomic mass is 16.5. The Hall–Kier alpha value is -1.67. The molecule has 0 aromatic heterocycles. The lowest BCUT2D eigenvalue weighted by Crippen LogP contribution is -2.20. The maximum absolute atomic E-state index is 10.5. The Balaban J connectivity index is 0. The van der Waals surface area contributed by atoms with E-state index in [1.54, 1.807) is 13.8 Å². The monoisotopic (exact) mass is 364 g/mol. The van der Waals surface area contributed by atoms with Gasteiger partial charge < -0.3 is 25.2 Å². The Morgan fingerprint density at radius 3 is 1.80 bits per heavy atom. The molecule has 0 atom stereocenters. The molecule has 4 N–H and O–H groups in total. The molecule has 0 aromatic carbocycles. The number of aliphatic hydroxyl groups is 2. The Labute approximate surface area is 148 Å². The highest BCUT2D eigenvalue weighted by molar-refractivity contribution is 5.69. The second kappa shape index (κ2) is 15.8. The number of carboxylic acid groups (broad SMARTS) is 2. The van der Waals surface area contributed by atoms with Gasteiger partial charge in [0.1, 0.15) is 0 Å². The van der Waals surface area contributed by atoms with E-state index in [0.717, 1.165) is 19.3 Å². The zero-order valence-corrected chi connectivity index (χ0v) is 15.2. The van der Waals surface area contributed by atoms with Crippen LogP contribution in [0.5, 0.6) is 0 Å². The first-order chi connectivity index (χ1) is 11.6. The van der Waals surface area contributed by atoms with E-state index < -0.39 is 11.9 Å². The van der Waals surface area contributed by atoms with Gasteiger partial charge in [-0.2, -0.15) is 0 Å². The number of esters is 1. The first-order valence-corrected chi connectivity index (χ1v) is 8.45. The molecule has 0 unspecified atom stereocenters. The fourth-order valence-electron chi connectivity index (χ4n) is 1.41. The van der Waals surface area contributed by atoms with Crippen LogP contribution in [0.1, 0.15) is 65.2 Å². The molecule has 0 aliphatic carbocycles. The van der Waals surface area contributed by atoms with E-state index in [9.17, 15) is 14.4 Å². The second-order valence-electron chi connectivity index (χ2n) is 6.51. The molecule has 1 fully saturated rings. The minimum Gasteiger partial charge on any atom is -0.481 e. The van der Waals surface area contributed by atoms with Gasteiger partial charge in [-0.1, -0.05) is 13.8 Å². The zero-order chi connectivity index (χ0) is 19.7. The van der Waals surface area contributed by atoms with Crippen LogP contribution < -0.4 is 0 Å². The van der Waals surface area contributed by atoms with Crippen molar-refractivity contribution in [1.29, 1.82) is 0 Å². The topological polar surface area (TPSA) is 141 Å². The Morgan fingerprint density at radius 2 is 1.44 bits per heavy atom. The largest absolute Gasteiger partial charge is 0.481 e. The van der Waals surface area contributed by atoms with Gasteiger partial charge >= 0.3 is 17.9 Å². The van der Waals surface area contributed by atoms with Crippen molar-refractivity contribution in [2.45, 2.75) is 65.2 Å². The first kappa shape index (κ1) is 25.6. The third kappa shape index (κ3) is 22.3. The lowest BCUT2D eigenvalue weighted by atomic mass is 9.97. The molecular weight excluding hydrogens is 332 g/mol. The van der Waals surface area contributed by atoms with Crippen LogP contribution in [0.15, 0.2) is 0 Å². The highest BCUT2D eigenvalue weighted by Crippen LogP contribution is 2.10. The van der Waals surface area contributed by atoms with Crippen molar-refractivity contribution >= 4 is 17.9 Å². The number of cyclic esters (lactones) is 1. The maximum atomic E-state index is 10.5. The number of hydrogen-bond acceptors (Lipinski definition) is 6. The van der Waals surface area contributed by atoms with Crippen LogP contribution in [0.3, 0.4) is 0 Å². The van der Waals surface area contributed by atoms with Crippen LogP contribution >= 0.6 is 0 Å². The average molecular weight is 364 g/mol. The van der Waals surface area contributed by atoms with Gasteiger partial charge in [-0.05, 0) is 32.1 Å². The quantitative estimate of drug-likeness (QED) is 0.396. The SMILES string of the molecule is CC(C)(CO)CO.O=C(O)CCCCC(=O)O.O=C1CCCCCO1. The molecule has 0 bridgehead atoms. The summed E-state index contributed by atoms with van der Waals surface area (Å²) in [6.45, 7) is 4.33. The summed E-state index contributed by atoms with van der Waals surface area (Å²) in [5.41, 5.74) is -0.306. The van der Waals surface area contributed by atoms with E-state index in [4.69, 9.17) is 25.2 Å². The van der Waals surface area contributed by atoms with Crippen LogP contribution in [-0.2, 0) is 19.1 Å². The summed E-state index contributed by atoms with van der Waals surface area (Å²) in [5.74, 6) is -1.77. The number of hydrogen-bond donors (Lipinski definition) is 4. The van der Waals surface area contributed by atoms with Crippen molar-refractivity contribution < 1.29 is 39.5 Å². The Kier molecular flexibility index (Phi) is 16.2.